The van der Waals surface area contributed by atoms with Gasteiger partial charge in [-0.3, -0.25) is 5.41 Å². The van der Waals surface area contributed by atoms with Gasteiger partial charge in [0.15, 0.2) is 0 Å². The monoisotopic (exact) mass is 287 g/mol. The van der Waals surface area contributed by atoms with Gasteiger partial charge in [-0.15, -0.1) is 0 Å². The molecule has 1 aromatic rings. The summed E-state index contributed by atoms with van der Waals surface area (Å²) < 4.78 is 0. The Hall–Kier alpha value is -1.62. The zero-order valence-corrected chi connectivity index (χ0v) is 12.6. The first-order chi connectivity index (χ1) is 10.2. The predicted molar refractivity (Wildman–Crippen MR) is 85.9 cm³/mol. The molecular weight excluding hydrogens is 262 g/mol. The van der Waals surface area contributed by atoms with Crippen molar-refractivity contribution < 1.29 is 0 Å². The highest BCUT2D eigenvalue weighted by Crippen LogP contribution is 2.24. The Labute approximate surface area is 126 Å². The molecule has 114 valence electrons. The van der Waals surface area contributed by atoms with E-state index in [9.17, 15) is 0 Å². The maximum absolute atomic E-state index is 7.53. The van der Waals surface area contributed by atoms with Gasteiger partial charge in [0.25, 0.3) is 0 Å². The normalized spacial score (nSPS) is 20.9. The zero-order chi connectivity index (χ0) is 14.7. The Morgan fingerprint density at radius 3 is 2.62 bits per heavy atom. The zero-order valence-electron chi connectivity index (χ0n) is 12.6. The van der Waals surface area contributed by atoms with E-state index in [1.165, 1.54) is 45.3 Å². The van der Waals surface area contributed by atoms with Gasteiger partial charge in [-0.1, -0.05) is 0 Å². The molecule has 0 amide bonds. The first kappa shape index (κ1) is 14.3. The lowest BCUT2D eigenvalue weighted by atomic mass is 9.96. The molecule has 3 heterocycles. The molecular formula is C16H25N5. The topological polar surface area (TPSA) is 69.2 Å². The van der Waals surface area contributed by atoms with Gasteiger partial charge in [-0.25, -0.2) is 4.98 Å². The standard InChI is InChI=1S/C16H25N5/c17-16(18)14-3-6-19-15(11-14)21-9-4-13(5-10-21)12-20-7-1-2-8-20/h3,6,11,13H,1-2,4-5,7-10,12H2,(H3,17,18). The van der Waals surface area contributed by atoms with Gasteiger partial charge < -0.3 is 15.5 Å². The molecule has 2 aliphatic rings. The molecule has 0 saturated carbocycles. The van der Waals surface area contributed by atoms with Crippen LogP contribution in [0.1, 0.15) is 31.2 Å². The van der Waals surface area contributed by atoms with Crippen LogP contribution >= 0.6 is 0 Å². The van der Waals surface area contributed by atoms with Crippen LogP contribution in [0.2, 0.25) is 0 Å². The fourth-order valence-corrected chi connectivity index (χ4v) is 3.43. The Balaban J connectivity index is 1.55. The van der Waals surface area contributed by atoms with Crippen LogP contribution in [0.15, 0.2) is 18.3 Å². The number of hydrogen-bond acceptors (Lipinski definition) is 4. The minimum absolute atomic E-state index is 0.113. The van der Waals surface area contributed by atoms with E-state index < -0.39 is 0 Å². The van der Waals surface area contributed by atoms with Gasteiger partial charge in [0.2, 0.25) is 0 Å². The number of nitrogens with two attached hydrogens (primary N) is 1. The average molecular weight is 287 g/mol. The molecule has 0 radical (unpaired) electrons. The number of piperidine rings is 1. The minimum atomic E-state index is 0.113. The van der Waals surface area contributed by atoms with E-state index in [1.54, 1.807) is 12.3 Å². The van der Waals surface area contributed by atoms with Gasteiger partial charge in [0.1, 0.15) is 11.7 Å². The molecule has 0 unspecified atom stereocenters. The van der Waals surface area contributed by atoms with E-state index in [0.717, 1.165) is 30.4 Å². The second-order valence-corrected chi connectivity index (χ2v) is 6.25. The number of nitrogens with zero attached hydrogens (tertiary/aromatic N) is 3. The van der Waals surface area contributed by atoms with Gasteiger partial charge in [-0.2, -0.15) is 0 Å². The van der Waals surface area contributed by atoms with Crippen LogP contribution in [0.3, 0.4) is 0 Å². The summed E-state index contributed by atoms with van der Waals surface area (Å²) in [6.45, 7) is 5.99. The second-order valence-electron chi connectivity index (χ2n) is 6.25. The summed E-state index contributed by atoms with van der Waals surface area (Å²) in [5.41, 5.74) is 6.32. The van der Waals surface area contributed by atoms with Crippen LogP contribution in [0, 0.1) is 11.3 Å². The summed E-state index contributed by atoms with van der Waals surface area (Å²) in [6, 6.07) is 3.73. The van der Waals surface area contributed by atoms with Crippen LogP contribution in [0.25, 0.3) is 0 Å². The van der Waals surface area contributed by atoms with Gasteiger partial charge in [0.05, 0.1) is 0 Å². The van der Waals surface area contributed by atoms with Gasteiger partial charge in [-0.05, 0) is 56.8 Å². The highest BCUT2D eigenvalue weighted by atomic mass is 15.2. The molecule has 21 heavy (non-hydrogen) atoms. The van der Waals surface area contributed by atoms with Crippen molar-refractivity contribution in [3.05, 3.63) is 23.9 Å². The van der Waals surface area contributed by atoms with Gasteiger partial charge in [0, 0.05) is 31.4 Å². The highest BCUT2D eigenvalue weighted by Gasteiger charge is 2.23. The molecule has 0 aromatic carbocycles. The number of amidine groups is 1. The lowest BCUT2D eigenvalue weighted by molar-refractivity contribution is 0.249. The smallest absolute Gasteiger partial charge is 0.129 e. The van der Waals surface area contributed by atoms with Crippen molar-refractivity contribution in [2.24, 2.45) is 11.7 Å². The lowest BCUT2D eigenvalue weighted by Gasteiger charge is -2.34. The molecule has 2 saturated heterocycles. The van der Waals surface area contributed by atoms with Crippen LogP contribution in [0.4, 0.5) is 5.82 Å². The third-order valence-electron chi connectivity index (χ3n) is 4.71. The Kier molecular flexibility index (Phi) is 4.39. The van der Waals surface area contributed by atoms with Crippen molar-refractivity contribution in [2.75, 3.05) is 37.6 Å². The molecule has 0 spiro atoms. The third kappa shape index (κ3) is 3.53. The summed E-state index contributed by atoms with van der Waals surface area (Å²) in [6.07, 6.45) is 6.98. The predicted octanol–water partition coefficient (Wildman–Crippen LogP) is 1.68. The maximum Gasteiger partial charge on any atom is 0.129 e. The SMILES string of the molecule is N=C(N)c1ccnc(N2CCC(CN3CCCC3)CC2)c1. The molecule has 0 bridgehead atoms. The largest absolute Gasteiger partial charge is 0.384 e. The molecule has 0 atom stereocenters. The van der Waals surface area contributed by atoms with E-state index in [0.29, 0.717) is 0 Å². The number of rotatable bonds is 4. The summed E-state index contributed by atoms with van der Waals surface area (Å²) in [5.74, 6) is 1.90. The first-order valence-corrected chi connectivity index (χ1v) is 8.00. The lowest BCUT2D eigenvalue weighted by Crippen LogP contribution is -2.38. The summed E-state index contributed by atoms with van der Waals surface area (Å²) >= 11 is 0. The Morgan fingerprint density at radius 1 is 1.24 bits per heavy atom. The van der Waals surface area contributed by atoms with Crippen molar-refractivity contribution in [1.82, 2.24) is 9.88 Å². The van der Waals surface area contributed by atoms with E-state index in [2.05, 4.69) is 14.8 Å². The molecule has 5 heteroatoms. The van der Waals surface area contributed by atoms with E-state index >= 15 is 0 Å². The molecule has 1 aromatic heterocycles. The molecule has 2 fully saturated rings. The fraction of sp³-hybridized carbons (Fsp3) is 0.625. The summed E-state index contributed by atoms with van der Waals surface area (Å²) in [5, 5.41) is 7.53. The van der Waals surface area contributed by atoms with Crippen molar-refractivity contribution in [2.45, 2.75) is 25.7 Å². The average Bonchev–Trinajstić information content (AvgIpc) is 3.01. The number of nitrogens with one attached hydrogen (secondary N) is 1. The van der Waals surface area contributed by atoms with E-state index in [-0.39, 0.29) is 5.84 Å². The Bertz CT molecular complexity index is 487. The number of anilines is 1. The van der Waals surface area contributed by atoms with E-state index in [4.69, 9.17) is 11.1 Å². The molecule has 5 nitrogen and oxygen atoms in total. The first-order valence-electron chi connectivity index (χ1n) is 8.00. The van der Waals surface area contributed by atoms with Crippen LogP contribution in [-0.2, 0) is 0 Å². The molecule has 3 N–H and O–H groups in total. The van der Waals surface area contributed by atoms with Crippen molar-refractivity contribution in [3.8, 4) is 0 Å². The molecule has 0 aliphatic carbocycles. The van der Waals surface area contributed by atoms with Crippen LogP contribution in [0.5, 0.6) is 0 Å². The van der Waals surface area contributed by atoms with Crippen molar-refractivity contribution >= 4 is 11.7 Å². The quantitative estimate of drug-likeness (QED) is 0.653. The summed E-state index contributed by atoms with van der Waals surface area (Å²) in [4.78, 5) is 9.38. The minimum Gasteiger partial charge on any atom is -0.384 e. The second kappa shape index (κ2) is 6.43. The van der Waals surface area contributed by atoms with Crippen LogP contribution < -0.4 is 10.6 Å². The van der Waals surface area contributed by atoms with Crippen molar-refractivity contribution in [3.63, 3.8) is 0 Å². The van der Waals surface area contributed by atoms with E-state index in [1.807, 2.05) is 6.07 Å². The fourth-order valence-electron chi connectivity index (χ4n) is 3.43. The third-order valence-corrected chi connectivity index (χ3v) is 4.71. The number of likely N-dealkylation sites (tertiary alicyclic amines) is 1. The number of nitrogen functional groups attached to an aromatic ring is 1. The molecule has 3 rings (SSSR count). The number of aromatic nitrogens is 1. The van der Waals surface area contributed by atoms with Crippen LogP contribution in [-0.4, -0.2) is 48.4 Å². The molecule has 2 aliphatic heterocycles. The summed E-state index contributed by atoms with van der Waals surface area (Å²) in [7, 11) is 0. The Morgan fingerprint density at radius 2 is 1.95 bits per heavy atom. The van der Waals surface area contributed by atoms with Gasteiger partial charge >= 0.3 is 0 Å². The number of hydrogen-bond donors (Lipinski definition) is 2. The number of pyridine rings is 1. The maximum atomic E-state index is 7.53. The van der Waals surface area contributed by atoms with Crippen molar-refractivity contribution in [1.29, 1.82) is 5.41 Å². The highest BCUT2D eigenvalue weighted by molar-refractivity contribution is 5.95.